The number of piperidine rings is 1. The second-order valence-electron chi connectivity index (χ2n) is 9.12. The zero-order valence-corrected chi connectivity index (χ0v) is 20.6. The van der Waals surface area contributed by atoms with E-state index in [9.17, 15) is 9.59 Å². The first kappa shape index (κ1) is 24.5. The summed E-state index contributed by atoms with van der Waals surface area (Å²) in [6.07, 6.45) is 3.89. The largest absolute Gasteiger partial charge is 0.462 e. The summed E-state index contributed by atoms with van der Waals surface area (Å²) in [5.74, 6) is -0.411. The van der Waals surface area contributed by atoms with Gasteiger partial charge in [-0.15, -0.1) is 0 Å². The molecule has 182 valence electrons. The molecule has 1 N–H and O–H groups in total. The van der Waals surface area contributed by atoms with Gasteiger partial charge in [0.25, 0.3) is 0 Å². The maximum absolute atomic E-state index is 13.2. The lowest BCUT2D eigenvalue weighted by atomic mass is 9.94. The van der Waals surface area contributed by atoms with Crippen LogP contribution in [0.3, 0.4) is 0 Å². The molecule has 0 bridgehead atoms. The summed E-state index contributed by atoms with van der Waals surface area (Å²) in [6, 6.07) is 23.5. The first-order valence-electron chi connectivity index (χ1n) is 12.5. The van der Waals surface area contributed by atoms with E-state index >= 15 is 0 Å². The van der Waals surface area contributed by atoms with Gasteiger partial charge in [-0.3, -0.25) is 4.79 Å². The molecule has 0 aliphatic carbocycles. The number of anilines is 1. The van der Waals surface area contributed by atoms with Crippen LogP contribution in [0.15, 0.2) is 72.8 Å². The summed E-state index contributed by atoms with van der Waals surface area (Å²) in [7, 11) is 0. The number of hydrogen-bond acceptors (Lipinski definition) is 4. The lowest BCUT2D eigenvalue weighted by Crippen LogP contribution is -2.34. The van der Waals surface area contributed by atoms with Gasteiger partial charge in [-0.1, -0.05) is 60.2 Å². The van der Waals surface area contributed by atoms with Crippen LogP contribution in [0.4, 0.5) is 5.69 Å². The van der Waals surface area contributed by atoms with Gasteiger partial charge in [0.15, 0.2) is 0 Å². The van der Waals surface area contributed by atoms with Gasteiger partial charge in [0.05, 0.1) is 24.6 Å². The molecule has 0 saturated carbocycles. The molecule has 0 aromatic heterocycles. The number of nitrogens with one attached hydrogen (secondary N) is 1. The predicted octanol–water partition coefficient (Wildman–Crippen LogP) is 5.61. The van der Waals surface area contributed by atoms with Crippen LogP contribution in [0.5, 0.6) is 0 Å². The number of amides is 1. The van der Waals surface area contributed by atoms with Crippen molar-refractivity contribution in [3.05, 3.63) is 101 Å². The maximum Gasteiger partial charge on any atom is 0.338 e. The van der Waals surface area contributed by atoms with Crippen LogP contribution in [0, 0.1) is 6.92 Å². The summed E-state index contributed by atoms with van der Waals surface area (Å²) in [6.45, 7) is 6.29. The number of rotatable bonds is 8. The summed E-state index contributed by atoms with van der Waals surface area (Å²) < 4.78 is 5.05. The van der Waals surface area contributed by atoms with Crippen LogP contribution in [0.2, 0.25) is 0 Å². The number of hydrogen-bond donors (Lipinski definition) is 1. The van der Waals surface area contributed by atoms with Crippen molar-refractivity contribution in [2.24, 2.45) is 0 Å². The molecule has 1 saturated heterocycles. The smallest absolute Gasteiger partial charge is 0.338 e. The fourth-order valence-electron chi connectivity index (χ4n) is 4.68. The number of carbonyl (C=O) groups is 2. The van der Waals surface area contributed by atoms with Crippen molar-refractivity contribution in [3.63, 3.8) is 0 Å². The number of benzene rings is 3. The summed E-state index contributed by atoms with van der Waals surface area (Å²) >= 11 is 0. The molecule has 3 aromatic carbocycles. The van der Waals surface area contributed by atoms with Crippen molar-refractivity contribution < 1.29 is 14.3 Å². The molecule has 5 heteroatoms. The van der Waals surface area contributed by atoms with E-state index in [0.29, 0.717) is 12.2 Å². The van der Waals surface area contributed by atoms with Crippen molar-refractivity contribution in [1.29, 1.82) is 0 Å². The van der Waals surface area contributed by atoms with Crippen LogP contribution >= 0.6 is 0 Å². The lowest BCUT2D eigenvalue weighted by Gasteiger charge is -2.33. The third kappa shape index (κ3) is 6.30. The SMILES string of the molecule is CCOC(=O)c1ccc(CC(=O)NC(c2ccccc2)c2cc(C)ccc2N2CCCCC2)cc1. The molecular weight excluding hydrogens is 436 g/mol. The van der Waals surface area contributed by atoms with Crippen molar-refractivity contribution in [2.45, 2.75) is 45.6 Å². The topological polar surface area (TPSA) is 58.6 Å². The molecule has 0 spiro atoms. The Labute approximate surface area is 208 Å². The molecule has 1 amide bonds. The van der Waals surface area contributed by atoms with Crippen LogP contribution in [0.25, 0.3) is 0 Å². The Morgan fingerprint density at radius 2 is 1.66 bits per heavy atom. The summed E-state index contributed by atoms with van der Waals surface area (Å²) in [4.78, 5) is 27.6. The van der Waals surface area contributed by atoms with Crippen molar-refractivity contribution in [2.75, 3.05) is 24.6 Å². The van der Waals surface area contributed by atoms with Gasteiger partial charge in [-0.2, -0.15) is 0 Å². The molecule has 1 heterocycles. The second kappa shape index (κ2) is 11.7. The molecule has 1 aliphatic heterocycles. The van der Waals surface area contributed by atoms with E-state index in [1.165, 1.54) is 30.5 Å². The Balaban J connectivity index is 1.59. The van der Waals surface area contributed by atoms with Crippen LogP contribution < -0.4 is 10.2 Å². The highest BCUT2D eigenvalue weighted by atomic mass is 16.5. The van der Waals surface area contributed by atoms with E-state index < -0.39 is 0 Å². The lowest BCUT2D eigenvalue weighted by molar-refractivity contribution is -0.120. The average Bonchev–Trinajstić information content (AvgIpc) is 2.89. The van der Waals surface area contributed by atoms with Crippen LogP contribution in [-0.4, -0.2) is 31.6 Å². The van der Waals surface area contributed by atoms with E-state index in [4.69, 9.17) is 4.74 Å². The number of nitrogens with zero attached hydrogens (tertiary/aromatic N) is 1. The fraction of sp³-hybridized carbons (Fsp3) is 0.333. The van der Waals surface area contributed by atoms with E-state index in [0.717, 1.165) is 29.8 Å². The molecule has 5 nitrogen and oxygen atoms in total. The highest BCUT2D eigenvalue weighted by molar-refractivity contribution is 5.89. The van der Waals surface area contributed by atoms with Gasteiger partial charge in [0.2, 0.25) is 5.91 Å². The van der Waals surface area contributed by atoms with Crippen LogP contribution in [0.1, 0.15) is 64.8 Å². The van der Waals surface area contributed by atoms with Gasteiger partial charge < -0.3 is 15.0 Å². The van der Waals surface area contributed by atoms with E-state index in [1.807, 2.05) is 30.3 Å². The molecule has 3 aromatic rings. The highest BCUT2D eigenvalue weighted by Crippen LogP contribution is 2.33. The zero-order chi connectivity index (χ0) is 24.6. The molecule has 35 heavy (non-hydrogen) atoms. The summed E-state index contributed by atoms with van der Waals surface area (Å²) in [5.41, 5.74) is 5.90. The van der Waals surface area contributed by atoms with E-state index in [-0.39, 0.29) is 24.3 Å². The Morgan fingerprint density at radius 1 is 0.943 bits per heavy atom. The first-order valence-corrected chi connectivity index (χ1v) is 12.5. The minimum atomic E-state index is -0.350. The van der Waals surface area contributed by atoms with E-state index in [2.05, 4.69) is 47.5 Å². The molecule has 1 unspecified atom stereocenters. The summed E-state index contributed by atoms with van der Waals surface area (Å²) in [5, 5.41) is 3.31. The predicted molar refractivity (Wildman–Crippen MR) is 140 cm³/mol. The molecule has 1 fully saturated rings. The molecule has 4 rings (SSSR count). The minimum absolute atomic E-state index is 0.0613. The quantitative estimate of drug-likeness (QED) is 0.435. The second-order valence-corrected chi connectivity index (χ2v) is 9.12. The maximum atomic E-state index is 13.2. The highest BCUT2D eigenvalue weighted by Gasteiger charge is 2.23. The van der Waals surface area contributed by atoms with Gasteiger partial charge in [-0.25, -0.2) is 4.79 Å². The number of esters is 1. The van der Waals surface area contributed by atoms with Crippen molar-refractivity contribution in [3.8, 4) is 0 Å². The van der Waals surface area contributed by atoms with Crippen molar-refractivity contribution in [1.82, 2.24) is 5.32 Å². The van der Waals surface area contributed by atoms with Crippen LogP contribution in [-0.2, 0) is 16.0 Å². The molecule has 1 atom stereocenters. The van der Waals surface area contributed by atoms with Gasteiger partial charge in [-0.05, 0) is 62.4 Å². The third-order valence-corrected chi connectivity index (χ3v) is 6.46. The van der Waals surface area contributed by atoms with E-state index in [1.54, 1.807) is 19.1 Å². The molecular formula is C30H34N2O3. The molecule has 0 radical (unpaired) electrons. The standard InChI is InChI=1S/C30H34N2O3/c1-3-35-30(34)25-15-13-23(14-16-25)21-28(33)31-29(24-10-6-4-7-11-24)26-20-22(2)12-17-27(26)32-18-8-5-9-19-32/h4,6-7,10-17,20,29H,3,5,8-9,18-19,21H2,1-2H3,(H,31,33). The fourth-order valence-corrected chi connectivity index (χ4v) is 4.68. The van der Waals surface area contributed by atoms with Gasteiger partial charge in [0.1, 0.15) is 0 Å². The van der Waals surface area contributed by atoms with Gasteiger partial charge >= 0.3 is 5.97 Å². The first-order chi connectivity index (χ1) is 17.0. The minimum Gasteiger partial charge on any atom is -0.462 e. The Kier molecular flexibility index (Phi) is 8.19. The number of carbonyl (C=O) groups excluding carboxylic acids is 2. The number of ether oxygens (including phenoxy) is 1. The Hall–Kier alpha value is -3.60. The van der Waals surface area contributed by atoms with Gasteiger partial charge in [0, 0.05) is 24.3 Å². The molecule has 1 aliphatic rings. The Bertz CT molecular complexity index is 1140. The average molecular weight is 471 g/mol. The monoisotopic (exact) mass is 470 g/mol. The van der Waals surface area contributed by atoms with Crippen molar-refractivity contribution >= 4 is 17.6 Å². The zero-order valence-electron chi connectivity index (χ0n) is 20.6. The third-order valence-electron chi connectivity index (χ3n) is 6.46. The number of aryl methyl sites for hydroxylation is 1. The Morgan fingerprint density at radius 3 is 2.34 bits per heavy atom. The normalized spacial score (nSPS) is 14.3.